The fourth-order valence-corrected chi connectivity index (χ4v) is 3.61. The van der Waals surface area contributed by atoms with Crippen LogP contribution in [0.1, 0.15) is 24.2 Å². The first-order valence-electron chi connectivity index (χ1n) is 9.96. The van der Waals surface area contributed by atoms with Crippen LogP contribution >= 0.6 is 0 Å². The lowest BCUT2D eigenvalue weighted by Gasteiger charge is -2.33. The fraction of sp³-hybridized carbons (Fsp3) is 0.400. The minimum atomic E-state index is -4.63. The molecule has 11 heteroatoms. The largest absolute Gasteiger partial charge is 0.453 e. The quantitative estimate of drug-likeness (QED) is 0.658. The molecule has 2 amide bonds. The molecule has 1 aliphatic rings. The van der Waals surface area contributed by atoms with E-state index in [0.29, 0.717) is 31.1 Å². The first-order valence-corrected chi connectivity index (χ1v) is 9.96. The van der Waals surface area contributed by atoms with Crippen LogP contribution in [0.15, 0.2) is 36.4 Å². The number of urea groups is 1. The molecule has 4 rings (SSSR count). The van der Waals surface area contributed by atoms with Crippen molar-refractivity contribution in [1.82, 2.24) is 25.1 Å². The summed E-state index contributed by atoms with van der Waals surface area (Å²) in [6, 6.07) is 10.3. The van der Waals surface area contributed by atoms with Crippen molar-refractivity contribution in [2.24, 2.45) is 5.92 Å². The monoisotopic (exact) mass is 433 g/mol. The number of anilines is 2. The molecule has 0 spiro atoms. The Bertz CT molecular complexity index is 1060. The van der Waals surface area contributed by atoms with Crippen molar-refractivity contribution in [3.05, 3.63) is 47.8 Å². The van der Waals surface area contributed by atoms with Crippen molar-refractivity contribution < 1.29 is 18.0 Å². The Morgan fingerprint density at radius 2 is 1.94 bits per heavy atom. The molecule has 3 aromatic rings. The van der Waals surface area contributed by atoms with E-state index >= 15 is 0 Å². The number of piperidine rings is 1. The Kier molecular flexibility index (Phi) is 5.66. The molecular formula is C20H22F3N7O. The Morgan fingerprint density at radius 1 is 1.16 bits per heavy atom. The molecule has 1 aromatic carbocycles. The molecule has 1 atom stereocenters. The highest BCUT2D eigenvalue weighted by atomic mass is 19.4. The second-order valence-electron chi connectivity index (χ2n) is 7.64. The van der Waals surface area contributed by atoms with Crippen LogP contribution in [-0.2, 0) is 6.18 Å². The van der Waals surface area contributed by atoms with Crippen LogP contribution in [0.5, 0.6) is 0 Å². The average molecular weight is 433 g/mol. The van der Waals surface area contributed by atoms with Gasteiger partial charge in [-0.05, 0) is 49.9 Å². The van der Waals surface area contributed by atoms with Gasteiger partial charge in [-0.25, -0.2) is 4.79 Å². The van der Waals surface area contributed by atoms with Gasteiger partial charge in [-0.15, -0.1) is 15.3 Å². The summed E-state index contributed by atoms with van der Waals surface area (Å²) in [5.74, 6) is -0.572. The van der Waals surface area contributed by atoms with Gasteiger partial charge in [0.25, 0.3) is 5.82 Å². The smallest absolute Gasteiger partial charge is 0.355 e. The maximum Gasteiger partial charge on any atom is 0.453 e. The molecular weight excluding hydrogens is 411 g/mol. The fourth-order valence-electron chi connectivity index (χ4n) is 3.61. The van der Waals surface area contributed by atoms with Crippen LogP contribution in [0.4, 0.5) is 29.5 Å². The van der Waals surface area contributed by atoms with Gasteiger partial charge < -0.3 is 15.5 Å². The van der Waals surface area contributed by atoms with Crippen molar-refractivity contribution in [2.75, 3.05) is 29.9 Å². The van der Waals surface area contributed by atoms with E-state index in [0.717, 1.165) is 22.9 Å². The summed E-state index contributed by atoms with van der Waals surface area (Å²) in [6.45, 7) is 3.68. The molecule has 1 saturated heterocycles. The summed E-state index contributed by atoms with van der Waals surface area (Å²) in [4.78, 5) is 14.1. The van der Waals surface area contributed by atoms with Crippen molar-refractivity contribution >= 4 is 23.2 Å². The maximum absolute atomic E-state index is 13.1. The lowest BCUT2D eigenvalue weighted by Crippen LogP contribution is -2.42. The summed E-state index contributed by atoms with van der Waals surface area (Å²) in [7, 11) is 0. The van der Waals surface area contributed by atoms with Crippen LogP contribution in [0, 0.1) is 12.8 Å². The van der Waals surface area contributed by atoms with Crippen molar-refractivity contribution in [1.29, 1.82) is 0 Å². The van der Waals surface area contributed by atoms with E-state index in [1.807, 2.05) is 36.1 Å². The zero-order valence-corrected chi connectivity index (χ0v) is 16.9. The van der Waals surface area contributed by atoms with E-state index in [9.17, 15) is 18.0 Å². The molecule has 0 saturated carbocycles. The number of carbonyl (C=O) groups excluding carboxylic acids is 1. The van der Waals surface area contributed by atoms with Crippen molar-refractivity contribution in [3.63, 3.8) is 0 Å². The second kappa shape index (κ2) is 8.40. The molecule has 31 heavy (non-hydrogen) atoms. The number of halogens is 3. The van der Waals surface area contributed by atoms with Crippen LogP contribution < -0.4 is 15.5 Å². The number of nitrogens with one attached hydrogen (secondary N) is 2. The van der Waals surface area contributed by atoms with Crippen LogP contribution in [0.2, 0.25) is 0 Å². The van der Waals surface area contributed by atoms with Crippen molar-refractivity contribution in [2.45, 2.75) is 25.9 Å². The number of benzene rings is 1. The zero-order valence-electron chi connectivity index (χ0n) is 16.9. The van der Waals surface area contributed by atoms with Gasteiger partial charge in [0, 0.05) is 25.3 Å². The molecule has 164 valence electrons. The third-order valence-electron chi connectivity index (χ3n) is 5.21. The molecule has 0 aliphatic carbocycles. The molecule has 0 bridgehead atoms. The van der Waals surface area contributed by atoms with Gasteiger partial charge in [0.2, 0.25) is 0 Å². The molecule has 3 heterocycles. The Morgan fingerprint density at radius 3 is 2.68 bits per heavy atom. The number of aromatic nitrogens is 4. The minimum absolute atomic E-state index is 0.0408. The first kappa shape index (κ1) is 20.9. The number of nitrogens with zero attached hydrogens (tertiary/aromatic N) is 5. The Labute approximate surface area is 176 Å². The highest BCUT2D eigenvalue weighted by Gasteiger charge is 2.38. The van der Waals surface area contributed by atoms with Crippen LogP contribution in [0.25, 0.3) is 5.65 Å². The number of amides is 2. The number of alkyl halides is 3. The predicted octanol–water partition coefficient (Wildman–Crippen LogP) is 3.49. The highest BCUT2D eigenvalue weighted by Crippen LogP contribution is 2.28. The molecule has 1 fully saturated rings. The van der Waals surface area contributed by atoms with E-state index in [1.165, 1.54) is 6.07 Å². The zero-order chi connectivity index (χ0) is 22.0. The minimum Gasteiger partial charge on any atom is -0.355 e. The van der Waals surface area contributed by atoms with E-state index in [1.54, 1.807) is 6.07 Å². The number of aryl methyl sites for hydroxylation is 1. The van der Waals surface area contributed by atoms with E-state index in [4.69, 9.17) is 0 Å². The molecule has 8 nitrogen and oxygen atoms in total. The summed E-state index contributed by atoms with van der Waals surface area (Å²) in [6.07, 6.45) is -2.88. The first-order chi connectivity index (χ1) is 14.8. The number of hydrogen-bond donors (Lipinski definition) is 2. The molecule has 1 aliphatic heterocycles. The van der Waals surface area contributed by atoms with Crippen molar-refractivity contribution in [3.8, 4) is 0 Å². The molecule has 0 radical (unpaired) electrons. The van der Waals surface area contributed by atoms with Gasteiger partial charge in [-0.2, -0.15) is 17.7 Å². The van der Waals surface area contributed by atoms with E-state index < -0.39 is 12.0 Å². The maximum atomic E-state index is 13.1. The van der Waals surface area contributed by atoms with Crippen LogP contribution in [-0.4, -0.2) is 45.5 Å². The average Bonchev–Trinajstić information content (AvgIpc) is 3.18. The molecule has 2 N–H and O–H groups in total. The summed E-state index contributed by atoms with van der Waals surface area (Å²) in [5, 5.41) is 16.5. The van der Waals surface area contributed by atoms with Gasteiger partial charge >= 0.3 is 12.2 Å². The van der Waals surface area contributed by atoms with E-state index in [2.05, 4.69) is 25.9 Å². The van der Waals surface area contributed by atoms with Gasteiger partial charge in [0.15, 0.2) is 5.65 Å². The number of hydrogen-bond acceptors (Lipinski definition) is 5. The molecule has 2 aromatic heterocycles. The second-order valence-corrected chi connectivity index (χ2v) is 7.64. The standard InChI is InChI=1S/C20H22F3N7O/c1-13-4-6-15(7-5-13)25-19(31)24-11-14-3-2-10-29(12-14)17-9-8-16-26-27-18(20(21,22)23)30(16)28-17/h4-9,14H,2-3,10-12H2,1H3,(H2,24,25,31)/t14-/m0/s1. The van der Waals surface area contributed by atoms with Gasteiger partial charge in [0.05, 0.1) is 0 Å². The number of carbonyl (C=O) groups is 1. The highest BCUT2D eigenvalue weighted by molar-refractivity contribution is 5.89. The Hall–Kier alpha value is -3.37. The van der Waals surface area contributed by atoms with E-state index in [-0.39, 0.29) is 17.6 Å². The van der Waals surface area contributed by atoms with Crippen LogP contribution in [0.3, 0.4) is 0 Å². The Balaban J connectivity index is 1.38. The number of fused-ring (bicyclic) bond motifs is 1. The SMILES string of the molecule is Cc1ccc(NC(=O)NC[C@@H]2CCCN(c3ccc4nnc(C(F)(F)F)n4n3)C2)cc1. The normalized spacial score (nSPS) is 17.0. The lowest BCUT2D eigenvalue weighted by molar-refractivity contribution is -0.146. The van der Waals surface area contributed by atoms with Gasteiger partial charge in [0.1, 0.15) is 5.82 Å². The summed E-state index contributed by atoms with van der Waals surface area (Å²) >= 11 is 0. The summed E-state index contributed by atoms with van der Waals surface area (Å²) in [5.41, 5.74) is 1.85. The van der Waals surface area contributed by atoms with Gasteiger partial charge in [-0.1, -0.05) is 17.7 Å². The predicted molar refractivity (Wildman–Crippen MR) is 109 cm³/mol. The number of rotatable bonds is 4. The third kappa shape index (κ3) is 4.86. The topological polar surface area (TPSA) is 87.5 Å². The lowest BCUT2D eigenvalue weighted by atomic mass is 9.98. The molecule has 0 unspecified atom stereocenters. The summed E-state index contributed by atoms with van der Waals surface area (Å²) < 4.78 is 40.1. The van der Waals surface area contributed by atoms with Gasteiger partial charge in [-0.3, -0.25) is 0 Å². The third-order valence-corrected chi connectivity index (χ3v) is 5.21.